The number of hydrogen-bond acceptors (Lipinski definition) is 4. The number of sulfonamides is 1. The van der Waals surface area contributed by atoms with E-state index in [9.17, 15) is 18.0 Å². The molecular weight excluding hydrogens is 330 g/mol. The smallest absolute Gasteiger partial charge is 0.243 e. The van der Waals surface area contributed by atoms with Crippen LogP contribution in [0.1, 0.15) is 5.56 Å². The number of carbonyl (C=O) groups is 2. The van der Waals surface area contributed by atoms with Crippen LogP contribution in [0.5, 0.6) is 0 Å². The number of hydrogen-bond donors (Lipinski definition) is 3. The van der Waals surface area contributed by atoms with Crippen LogP contribution in [0.25, 0.3) is 0 Å². The number of benzene rings is 2. The van der Waals surface area contributed by atoms with Crippen molar-refractivity contribution in [2.45, 2.75) is 11.3 Å². The molecule has 2 rings (SSSR count). The number of nitrogens with one attached hydrogen (secondary N) is 2. The molecule has 126 valence electrons. The average molecular weight is 347 g/mol. The van der Waals surface area contributed by atoms with Gasteiger partial charge in [-0.05, 0) is 29.8 Å². The molecule has 0 fully saturated rings. The van der Waals surface area contributed by atoms with Gasteiger partial charge in [-0.3, -0.25) is 9.59 Å². The molecule has 2 amide bonds. The van der Waals surface area contributed by atoms with Crippen molar-refractivity contribution < 1.29 is 18.0 Å². The Hall–Kier alpha value is -2.71. The fourth-order valence-corrected chi connectivity index (χ4v) is 2.47. The zero-order chi connectivity index (χ0) is 17.6. The monoisotopic (exact) mass is 347 g/mol. The average Bonchev–Trinajstić information content (AvgIpc) is 2.53. The third-order valence-corrected chi connectivity index (χ3v) is 4.05. The van der Waals surface area contributed by atoms with Gasteiger partial charge in [0, 0.05) is 5.69 Å². The summed E-state index contributed by atoms with van der Waals surface area (Å²) < 4.78 is 22.3. The molecule has 0 saturated carbocycles. The number of amides is 2. The van der Waals surface area contributed by atoms with Crippen LogP contribution in [0, 0.1) is 0 Å². The number of rotatable bonds is 6. The van der Waals surface area contributed by atoms with Gasteiger partial charge in [0.25, 0.3) is 0 Å². The molecule has 8 heteroatoms. The van der Waals surface area contributed by atoms with E-state index in [1.807, 2.05) is 30.3 Å². The second-order valence-electron chi connectivity index (χ2n) is 5.06. The zero-order valence-electron chi connectivity index (χ0n) is 12.7. The van der Waals surface area contributed by atoms with E-state index in [1.54, 1.807) is 0 Å². The van der Waals surface area contributed by atoms with E-state index >= 15 is 0 Å². The highest BCUT2D eigenvalue weighted by Crippen LogP contribution is 2.12. The summed E-state index contributed by atoms with van der Waals surface area (Å²) >= 11 is 0. The highest BCUT2D eigenvalue weighted by atomic mass is 32.2. The molecule has 7 nitrogen and oxygen atoms in total. The minimum absolute atomic E-state index is 0.0448. The minimum atomic E-state index is -3.77. The van der Waals surface area contributed by atoms with Gasteiger partial charge in [0.05, 0.1) is 17.9 Å². The molecule has 0 aliphatic rings. The van der Waals surface area contributed by atoms with Crippen molar-refractivity contribution in [1.29, 1.82) is 0 Å². The SMILES string of the molecule is NS(=O)(=O)c1ccc(NC(=O)CNC(=O)Cc2ccccc2)cc1. The molecule has 0 aliphatic heterocycles. The van der Waals surface area contributed by atoms with Crippen LogP contribution in [0.3, 0.4) is 0 Å². The van der Waals surface area contributed by atoms with Crippen LogP contribution in [-0.4, -0.2) is 26.8 Å². The first kappa shape index (κ1) is 17.6. The number of anilines is 1. The molecule has 24 heavy (non-hydrogen) atoms. The van der Waals surface area contributed by atoms with E-state index in [0.717, 1.165) is 5.56 Å². The lowest BCUT2D eigenvalue weighted by atomic mass is 10.1. The second kappa shape index (κ2) is 7.71. The van der Waals surface area contributed by atoms with Gasteiger partial charge < -0.3 is 10.6 Å². The first-order chi connectivity index (χ1) is 11.3. The van der Waals surface area contributed by atoms with Gasteiger partial charge in [0.1, 0.15) is 0 Å². The highest BCUT2D eigenvalue weighted by molar-refractivity contribution is 7.89. The first-order valence-electron chi connectivity index (χ1n) is 7.08. The lowest BCUT2D eigenvalue weighted by Gasteiger charge is -2.07. The van der Waals surface area contributed by atoms with Crippen LogP contribution in [0.2, 0.25) is 0 Å². The molecule has 0 heterocycles. The van der Waals surface area contributed by atoms with Gasteiger partial charge in [0.15, 0.2) is 0 Å². The molecule has 0 aromatic heterocycles. The fraction of sp³-hybridized carbons (Fsp3) is 0.125. The Labute approximate surface area is 139 Å². The number of nitrogens with two attached hydrogens (primary N) is 1. The van der Waals surface area contributed by atoms with Gasteiger partial charge >= 0.3 is 0 Å². The van der Waals surface area contributed by atoms with E-state index in [0.29, 0.717) is 5.69 Å². The maximum Gasteiger partial charge on any atom is 0.243 e. The summed E-state index contributed by atoms with van der Waals surface area (Å²) in [4.78, 5) is 23.5. The van der Waals surface area contributed by atoms with Crippen molar-refractivity contribution in [2.75, 3.05) is 11.9 Å². The Morgan fingerprint density at radius 2 is 1.54 bits per heavy atom. The normalized spacial score (nSPS) is 10.9. The number of primary sulfonamides is 1. The Balaban J connectivity index is 1.82. The van der Waals surface area contributed by atoms with E-state index in [4.69, 9.17) is 5.14 Å². The van der Waals surface area contributed by atoms with Crippen molar-refractivity contribution in [3.05, 3.63) is 60.2 Å². The van der Waals surface area contributed by atoms with E-state index in [1.165, 1.54) is 24.3 Å². The highest BCUT2D eigenvalue weighted by Gasteiger charge is 2.09. The predicted molar refractivity (Wildman–Crippen MR) is 89.6 cm³/mol. The lowest BCUT2D eigenvalue weighted by Crippen LogP contribution is -2.33. The molecule has 0 unspecified atom stereocenters. The van der Waals surface area contributed by atoms with Crippen molar-refractivity contribution in [3.63, 3.8) is 0 Å². The molecule has 0 radical (unpaired) electrons. The Kier molecular flexibility index (Phi) is 5.67. The Morgan fingerprint density at radius 3 is 2.12 bits per heavy atom. The summed E-state index contributed by atoms with van der Waals surface area (Å²) in [6.07, 6.45) is 0.192. The van der Waals surface area contributed by atoms with Gasteiger partial charge in [-0.15, -0.1) is 0 Å². The molecule has 4 N–H and O–H groups in total. The van der Waals surface area contributed by atoms with Crippen LogP contribution in [-0.2, 0) is 26.0 Å². The van der Waals surface area contributed by atoms with E-state index < -0.39 is 15.9 Å². The maximum atomic E-state index is 11.8. The summed E-state index contributed by atoms with van der Waals surface area (Å²) in [5, 5.41) is 10.1. The van der Waals surface area contributed by atoms with E-state index in [-0.39, 0.29) is 23.8 Å². The van der Waals surface area contributed by atoms with Crippen molar-refractivity contribution >= 4 is 27.5 Å². The summed E-state index contributed by atoms with van der Waals surface area (Å²) in [6, 6.07) is 14.6. The van der Waals surface area contributed by atoms with Crippen molar-refractivity contribution in [3.8, 4) is 0 Å². The zero-order valence-corrected chi connectivity index (χ0v) is 13.5. The van der Waals surface area contributed by atoms with Gasteiger partial charge in [-0.1, -0.05) is 30.3 Å². The largest absolute Gasteiger partial charge is 0.347 e. The standard InChI is InChI=1S/C16H17N3O4S/c17-24(22,23)14-8-6-13(7-9-14)19-16(21)11-18-15(20)10-12-4-2-1-3-5-12/h1-9H,10-11H2,(H,18,20)(H,19,21)(H2,17,22,23). The third kappa shape index (κ3) is 5.49. The third-order valence-electron chi connectivity index (χ3n) is 3.12. The van der Waals surface area contributed by atoms with Crippen LogP contribution >= 0.6 is 0 Å². The molecule has 0 spiro atoms. The molecule has 0 aliphatic carbocycles. The number of carbonyl (C=O) groups excluding carboxylic acids is 2. The second-order valence-corrected chi connectivity index (χ2v) is 6.62. The van der Waals surface area contributed by atoms with E-state index in [2.05, 4.69) is 10.6 Å². The van der Waals surface area contributed by atoms with Gasteiger partial charge in [-0.2, -0.15) is 0 Å². The first-order valence-corrected chi connectivity index (χ1v) is 8.62. The molecule has 0 bridgehead atoms. The summed E-state index contributed by atoms with van der Waals surface area (Å²) in [5.74, 6) is -0.680. The van der Waals surface area contributed by atoms with Crippen LogP contribution in [0.4, 0.5) is 5.69 Å². The molecular formula is C16H17N3O4S. The summed E-state index contributed by atoms with van der Waals surface area (Å²) in [7, 11) is -3.77. The fourth-order valence-electron chi connectivity index (χ4n) is 1.96. The molecule has 0 atom stereocenters. The van der Waals surface area contributed by atoms with Crippen LogP contribution < -0.4 is 15.8 Å². The summed E-state index contributed by atoms with van der Waals surface area (Å²) in [5.41, 5.74) is 1.26. The topological polar surface area (TPSA) is 118 Å². The molecule has 2 aromatic carbocycles. The lowest BCUT2D eigenvalue weighted by molar-refractivity contribution is -0.123. The molecule has 2 aromatic rings. The van der Waals surface area contributed by atoms with Crippen LogP contribution in [0.15, 0.2) is 59.5 Å². The molecule has 0 saturated heterocycles. The quantitative estimate of drug-likeness (QED) is 0.710. The minimum Gasteiger partial charge on any atom is -0.347 e. The predicted octanol–water partition coefficient (Wildman–Crippen LogP) is 0.631. The maximum absolute atomic E-state index is 11.8. The van der Waals surface area contributed by atoms with Crippen molar-refractivity contribution in [1.82, 2.24) is 5.32 Å². The van der Waals surface area contributed by atoms with Gasteiger partial charge in [0.2, 0.25) is 21.8 Å². The summed E-state index contributed by atoms with van der Waals surface area (Å²) in [6.45, 7) is -0.178. The Bertz CT molecular complexity index is 818. The Morgan fingerprint density at radius 1 is 0.917 bits per heavy atom. The van der Waals surface area contributed by atoms with Gasteiger partial charge in [-0.25, -0.2) is 13.6 Å². The van der Waals surface area contributed by atoms with Crippen molar-refractivity contribution in [2.24, 2.45) is 5.14 Å².